The Bertz CT molecular complexity index is 417. The predicted molar refractivity (Wildman–Crippen MR) is 119 cm³/mol. The summed E-state index contributed by atoms with van der Waals surface area (Å²) in [6.07, 6.45) is 25.2. The summed E-state index contributed by atoms with van der Waals surface area (Å²) in [5.41, 5.74) is 0. The van der Waals surface area contributed by atoms with E-state index in [0.29, 0.717) is 4.48 Å². The van der Waals surface area contributed by atoms with Crippen LogP contribution >= 0.6 is 7.68 Å². The molecule has 160 valence electrons. The van der Waals surface area contributed by atoms with Gasteiger partial charge in [0, 0.05) is 6.42 Å². The van der Waals surface area contributed by atoms with Gasteiger partial charge in [0.1, 0.15) is 0 Å². The maximum atomic E-state index is 11.3. The first-order valence-corrected chi connectivity index (χ1v) is 12.7. The second-order valence-electron chi connectivity index (χ2n) is 8.96. The molecule has 0 aromatic heterocycles. The highest BCUT2D eigenvalue weighted by atomic mass is 31.1. The number of nitrogens with zero attached hydrogens (tertiary/aromatic N) is 1. The van der Waals surface area contributed by atoms with Gasteiger partial charge < -0.3 is 4.48 Å². The van der Waals surface area contributed by atoms with E-state index in [2.05, 4.69) is 19.1 Å². The van der Waals surface area contributed by atoms with Crippen LogP contribution in [0.5, 0.6) is 0 Å². The predicted octanol–water partition coefficient (Wildman–Crippen LogP) is 8.01. The molecule has 4 heteroatoms. The van der Waals surface area contributed by atoms with Crippen molar-refractivity contribution in [1.29, 1.82) is 0 Å². The molecule has 3 nitrogen and oxygen atoms in total. The molecule has 0 amide bonds. The molecule has 0 spiro atoms. The minimum atomic E-state index is -2.36. The van der Waals surface area contributed by atoms with Crippen molar-refractivity contribution in [1.82, 2.24) is 0 Å². The van der Waals surface area contributed by atoms with Crippen molar-refractivity contribution in [2.45, 2.75) is 115 Å². The van der Waals surface area contributed by atoms with Crippen molar-refractivity contribution in [2.75, 3.05) is 21.1 Å². The quantitative estimate of drug-likeness (QED) is 0.0952. The first kappa shape index (κ1) is 26.6. The molecule has 0 aromatic carbocycles. The smallest absolute Gasteiger partial charge is 0.317 e. The average Bonchev–Trinajstić information content (AvgIpc) is 2.59. The fourth-order valence-corrected chi connectivity index (χ4v) is 4.46. The first-order valence-electron chi connectivity index (χ1n) is 11.5. The van der Waals surface area contributed by atoms with Gasteiger partial charge in [-0.15, -0.1) is 0 Å². The zero-order valence-corrected chi connectivity index (χ0v) is 19.7. The van der Waals surface area contributed by atoms with Crippen LogP contribution < -0.4 is 0 Å². The molecular formula is C23H47NO2P+. The lowest BCUT2D eigenvalue weighted by atomic mass is 10.0. The van der Waals surface area contributed by atoms with Gasteiger partial charge in [-0.2, -0.15) is 0 Å². The lowest BCUT2D eigenvalue weighted by molar-refractivity contribution is -0.882. The van der Waals surface area contributed by atoms with Crippen molar-refractivity contribution in [3.8, 4) is 0 Å². The summed E-state index contributed by atoms with van der Waals surface area (Å²) in [6, 6.07) is 0. The lowest BCUT2D eigenvalue weighted by Gasteiger charge is -2.28. The Morgan fingerprint density at radius 1 is 0.667 bits per heavy atom. The summed E-state index contributed by atoms with van der Waals surface area (Å²) in [4.78, 5) is 0. The first-order chi connectivity index (χ1) is 12.9. The van der Waals surface area contributed by atoms with E-state index in [1.807, 2.05) is 21.1 Å². The van der Waals surface area contributed by atoms with Crippen LogP contribution in [0.1, 0.15) is 110 Å². The Morgan fingerprint density at radius 2 is 1.07 bits per heavy atom. The average molecular weight is 401 g/mol. The molecule has 0 saturated carbocycles. The van der Waals surface area contributed by atoms with Crippen LogP contribution in [0, 0.1) is 0 Å². The van der Waals surface area contributed by atoms with Gasteiger partial charge in [-0.25, -0.2) is 9.13 Å². The second-order valence-corrected chi connectivity index (χ2v) is 10.1. The normalized spacial score (nSPS) is 13.3. The molecule has 0 N–H and O–H groups in total. The summed E-state index contributed by atoms with van der Waals surface area (Å²) in [5, 5.41) is 0. The molecule has 27 heavy (non-hydrogen) atoms. The maximum Gasteiger partial charge on any atom is 0.375 e. The van der Waals surface area contributed by atoms with Gasteiger partial charge in [0.15, 0.2) is 5.78 Å². The molecule has 0 aromatic rings. The van der Waals surface area contributed by atoms with Crippen LogP contribution in [0.4, 0.5) is 0 Å². The van der Waals surface area contributed by atoms with Crippen molar-refractivity contribution in [3.63, 3.8) is 0 Å². The molecule has 0 radical (unpaired) electrons. The van der Waals surface area contributed by atoms with Gasteiger partial charge in [-0.3, -0.25) is 0 Å². The Hall–Kier alpha value is -0.400. The Kier molecular flexibility index (Phi) is 17.4. The number of rotatable bonds is 19. The van der Waals surface area contributed by atoms with E-state index in [4.69, 9.17) is 0 Å². The van der Waals surface area contributed by atoms with E-state index >= 15 is 0 Å². The Labute approximate surface area is 170 Å². The minimum absolute atomic E-state index is 0.277. The number of hydrogen-bond donors (Lipinski definition) is 0. The van der Waals surface area contributed by atoms with Gasteiger partial charge in [0.25, 0.3) is 0 Å². The number of allylic oxidation sites excluding steroid dienone is 2. The van der Waals surface area contributed by atoms with Crippen LogP contribution in [-0.2, 0) is 9.13 Å². The molecule has 1 atom stereocenters. The molecule has 0 bridgehead atoms. The molecule has 1 unspecified atom stereocenters. The highest BCUT2D eigenvalue weighted by Crippen LogP contribution is 2.26. The SMILES string of the molecule is CCCCCCCCCCCCCCCC=CCCC(P(=O)=O)[N+](C)(C)C. The highest BCUT2D eigenvalue weighted by molar-refractivity contribution is 7.31. The topological polar surface area (TPSA) is 34.1 Å². The fourth-order valence-electron chi connectivity index (χ4n) is 3.54. The minimum Gasteiger partial charge on any atom is -0.317 e. The summed E-state index contributed by atoms with van der Waals surface area (Å²) in [7, 11) is 3.50. The standard InChI is InChI=1S/C23H47NO2P/c1-5-6-7-8-9-10-11-12-13-14-15-16-17-18-19-20-21-22-23(27(25)26)24(2,3)4/h19-20,23H,5-18,21-22H2,1-4H3/q+1. The van der Waals surface area contributed by atoms with E-state index in [1.54, 1.807) is 0 Å². The lowest BCUT2D eigenvalue weighted by Crippen LogP contribution is -2.42. The van der Waals surface area contributed by atoms with Gasteiger partial charge >= 0.3 is 7.68 Å². The molecule has 0 saturated heterocycles. The van der Waals surface area contributed by atoms with Crippen LogP contribution in [0.3, 0.4) is 0 Å². The fraction of sp³-hybridized carbons (Fsp3) is 0.913. The molecule has 0 aliphatic rings. The molecule has 0 aliphatic heterocycles. The Morgan fingerprint density at radius 3 is 1.48 bits per heavy atom. The zero-order chi connectivity index (χ0) is 20.4. The van der Waals surface area contributed by atoms with Crippen LogP contribution in [-0.4, -0.2) is 31.4 Å². The van der Waals surface area contributed by atoms with E-state index in [1.165, 1.54) is 83.5 Å². The molecule has 0 heterocycles. The van der Waals surface area contributed by atoms with Crippen LogP contribution in [0.15, 0.2) is 12.2 Å². The third-order valence-corrected chi connectivity index (χ3v) is 6.81. The monoisotopic (exact) mass is 400 g/mol. The van der Waals surface area contributed by atoms with Gasteiger partial charge in [0.2, 0.25) is 0 Å². The summed E-state index contributed by atoms with van der Waals surface area (Å²) in [5.74, 6) is -0.277. The van der Waals surface area contributed by atoms with Gasteiger partial charge in [-0.1, -0.05) is 96.1 Å². The molecule has 0 fully saturated rings. The maximum absolute atomic E-state index is 11.3. The second kappa shape index (κ2) is 17.7. The van der Waals surface area contributed by atoms with Crippen molar-refractivity contribution in [3.05, 3.63) is 12.2 Å². The van der Waals surface area contributed by atoms with Crippen LogP contribution in [0.25, 0.3) is 0 Å². The zero-order valence-electron chi connectivity index (χ0n) is 18.8. The van der Waals surface area contributed by atoms with E-state index in [9.17, 15) is 9.13 Å². The number of quaternary nitrogens is 1. The van der Waals surface area contributed by atoms with Crippen molar-refractivity contribution >= 4 is 7.68 Å². The molecule has 0 aliphatic carbocycles. The van der Waals surface area contributed by atoms with Crippen LogP contribution in [0.2, 0.25) is 0 Å². The van der Waals surface area contributed by atoms with Crippen molar-refractivity contribution in [2.24, 2.45) is 0 Å². The van der Waals surface area contributed by atoms with E-state index in [-0.39, 0.29) is 5.78 Å². The van der Waals surface area contributed by atoms with E-state index in [0.717, 1.165) is 19.3 Å². The third-order valence-electron chi connectivity index (χ3n) is 5.37. The molecule has 0 rings (SSSR count). The summed E-state index contributed by atoms with van der Waals surface area (Å²) in [6.45, 7) is 2.28. The largest absolute Gasteiger partial charge is 0.375 e. The summed E-state index contributed by atoms with van der Waals surface area (Å²) >= 11 is 0. The van der Waals surface area contributed by atoms with Gasteiger partial charge in [-0.05, 0) is 19.3 Å². The number of hydrogen-bond acceptors (Lipinski definition) is 2. The summed E-state index contributed by atoms with van der Waals surface area (Å²) < 4.78 is 23.2. The van der Waals surface area contributed by atoms with E-state index < -0.39 is 7.68 Å². The number of unbranched alkanes of at least 4 members (excludes halogenated alkanes) is 13. The third kappa shape index (κ3) is 17.4. The highest BCUT2D eigenvalue weighted by Gasteiger charge is 2.28. The van der Waals surface area contributed by atoms with Gasteiger partial charge in [0.05, 0.1) is 21.1 Å². The Balaban J connectivity index is 3.41. The van der Waals surface area contributed by atoms with Crippen molar-refractivity contribution < 1.29 is 13.6 Å². The molecular weight excluding hydrogens is 353 g/mol.